The summed E-state index contributed by atoms with van der Waals surface area (Å²) in [6, 6.07) is 12.6. The third-order valence-electron chi connectivity index (χ3n) is 4.31. The van der Waals surface area contributed by atoms with Crippen LogP contribution in [-0.2, 0) is 12.8 Å². The highest BCUT2D eigenvalue weighted by atomic mass is 16.5. The Kier molecular flexibility index (Phi) is 3.36. The van der Waals surface area contributed by atoms with Gasteiger partial charge in [-0.05, 0) is 46.2 Å². The molecule has 2 aromatic rings. The molecule has 0 bridgehead atoms. The van der Waals surface area contributed by atoms with Crippen molar-refractivity contribution in [3.05, 3.63) is 58.7 Å². The van der Waals surface area contributed by atoms with Crippen LogP contribution in [-0.4, -0.2) is 16.5 Å². The Hall–Kier alpha value is -1.64. The van der Waals surface area contributed by atoms with E-state index in [1.54, 1.807) is 0 Å². The fraction of sp³-hybridized carbons (Fsp3) is 0.333. The number of rotatable bonds is 3. The molecule has 0 unspecified atom stereocenters. The van der Waals surface area contributed by atoms with E-state index in [0.717, 1.165) is 35.1 Å². The molecule has 0 aromatic heterocycles. The van der Waals surface area contributed by atoms with Crippen LogP contribution in [0.2, 0.25) is 0 Å². The van der Waals surface area contributed by atoms with Crippen molar-refractivity contribution in [2.24, 2.45) is 0 Å². The van der Waals surface area contributed by atoms with Crippen LogP contribution in [0.25, 0.3) is 11.1 Å². The van der Waals surface area contributed by atoms with Crippen LogP contribution >= 0.6 is 0 Å². The second-order valence-corrected chi connectivity index (χ2v) is 5.44. The number of aryl methyl sites for hydroxylation is 2. The highest BCUT2D eigenvalue weighted by molar-refractivity contribution is 5.80. The van der Waals surface area contributed by atoms with Crippen LogP contribution < -0.4 is 0 Å². The van der Waals surface area contributed by atoms with E-state index >= 15 is 0 Å². The molecule has 1 aliphatic rings. The lowest BCUT2D eigenvalue weighted by Gasteiger charge is -2.15. The first-order chi connectivity index (χ1) is 9.65. The monoisotopic (exact) mass is 268 g/mol. The zero-order chi connectivity index (χ0) is 14.3. The number of hydrogen-bond donors (Lipinski definition) is 2. The maximum atomic E-state index is 9.75. The lowest BCUT2D eigenvalue weighted by molar-refractivity contribution is -0.0503. The quantitative estimate of drug-likeness (QED) is 0.839. The lowest BCUT2D eigenvalue weighted by Crippen LogP contribution is -2.16. The SMILES string of the molecule is CCc1ccc2c(c1)-c1cc(CC)ccc1C2C(O)O. The zero-order valence-corrected chi connectivity index (χ0v) is 11.9. The van der Waals surface area contributed by atoms with Crippen LogP contribution in [0.5, 0.6) is 0 Å². The van der Waals surface area contributed by atoms with E-state index < -0.39 is 6.29 Å². The highest BCUT2D eigenvalue weighted by Gasteiger charge is 2.33. The van der Waals surface area contributed by atoms with E-state index in [1.165, 1.54) is 11.1 Å². The van der Waals surface area contributed by atoms with Crippen molar-refractivity contribution in [1.29, 1.82) is 0 Å². The van der Waals surface area contributed by atoms with Crippen molar-refractivity contribution in [1.82, 2.24) is 0 Å². The van der Waals surface area contributed by atoms with Crippen LogP contribution in [0.1, 0.15) is 42.0 Å². The van der Waals surface area contributed by atoms with E-state index in [1.807, 2.05) is 12.1 Å². The van der Waals surface area contributed by atoms with Crippen molar-refractivity contribution >= 4 is 0 Å². The fourth-order valence-corrected chi connectivity index (χ4v) is 3.14. The van der Waals surface area contributed by atoms with E-state index in [-0.39, 0.29) is 5.92 Å². The van der Waals surface area contributed by atoms with E-state index in [4.69, 9.17) is 0 Å². The van der Waals surface area contributed by atoms with Crippen molar-refractivity contribution in [3.63, 3.8) is 0 Å². The maximum absolute atomic E-state index is 9.75. The molecular weight excluding hydrogens is 248 g/mol. The number of benzene rings is 2. The van der Waals surface area contributed by atoms with Crippen molar-refractivity contribution < 1.29 is 10.2 Å². The van der Waals surface area contributed by atoms with Gasteiger partial charge in [0, 0.05) is 0 Å². The number of fused-ring (bicyclic) bond motifs is 3. The summed E-state index contributed by atoms with van der Waals surface area (Å²) >= 11 is 0. The average molecular weight is 268 g/mol. The summed E-state index contributed by atoms with van der Waals surface area (Å²) in [5.74, 6) is -0.322. The summed E-state index contributed by atoms with van der Waals surface area (Å²) in [6.45, 7) is 4.27. The topological polar surface area (TPSA) is 40.5 Å². The van der Waals surface area contributed by atoms with Crippen molar-refractivity contribution in [2.75, 3.05) is 0 Å². The molecule has 1 aliphatic carbocycles. The predicted octanol–water partition coefficient (Wildman–Crippen LogP) is 3.23. The van der Waals surface area contributed by atoms with Gasteiger partial charge >= 0.3 is 0 Å². The van der Waals surface area contributed by atoms with Gasteiger partial charge in [0.15, 0.2) is 6.29 Å². The standard InChI is InChI=1S/C18H20O2/c1-3-11-5-7-13-15(9-11)16-10-12(4-2)6-8-14(16)17(13)18(19)20/h5-10,17-20H,3-4H2,1-2H3. The van der Waals surface area contributed by atoms with E-state index in [9.17, 15) is 10.2 Å². The van der Waals surface area contributed by atoms with Gasteiger partial charge in [-0.15, -0.1) is 0 Å². The highest BCUT2D eigenvalue weighted by Crippen LogP contribution is 2.46. The van der Waals surface area contributed by atoms with Crippen LogP contribution in [0.15, 0.2) is 36.4 Å². The third-order valence-corrected chi connectivity index (χ3v) is 4.31. The molecule has 2 nitrogen and oxygen atoms in total. The molecule has 0 saturated heterocycles. The first kappa shape index (κ1) is 13.3. The Morgan fingerprint density at radius 3 is 1.65 bits per heavy atom. The summed E-state index contributed by atoms with van der Waals surface area (Å²) in [4.78, 5) is 0. The Bertz CT molecular complexity index is 590. The molecule has 2 heteroatoms. The Morgan fingerprint density at radius 1 is 0.850 bits per heavy atom. The molecule has 104 valence electrons. The lowest BCUT2D eigenvalue weighted by atomic mass is 9.95. The molecule has 0 heterocycles. The molecule has 2 N–H and O–H groups in total. The molecule has 3 rings (SSSR count). The smallest absolute Gasteiger partial charge is 0.162 e. The minimum Gasteiger partial charge on any atom is -0.367 e. The van der Waals surface area contributed by atoms with Crippen molar-refractivity contribution in [3.8, 4) is 11.1 Å². The molecule has 0 aliphatic heterocycles. The van der Waals surface area contributed by atoms with Gasteiger partial charge in [0.05, 0.1) is 5.92 Å². The molecule has 0 atom stereocenters. The Balaban J connectivity index is 2.24. The van der Waals surface area contributed by atoms with Crippen LogP contribution in [0, 0.1) is 0 Å². The molecule has 0 saturated carbocycles. The first-order valence-corrected chi connectivity index (χ1v) is 7.27. The van der Waals surface area contributed by atoms with Crippen LogP contribution in [0.4, 0.5) is 0 Å². The van der Waals surface area contributed by atoms with E-state index in [0.29, 0.717) is 0 Å². The van der Waals surface area contributed by atoms with Gasteiger partial charge in [-0.2, -0.15) is 0 Å². The molecule has 0 amide bonds. The predicted molar refractivity (Wildman–Crippen MR) is 80.7 cm³/mol. The second-order valence-electron chi connectivity index (χ2n) is 5.44. The Morgan fingerprint density at radius 2 is 1.30 bits per heavy atom. The maximum Gasteiger partial charge on any atom is 0.162 e. The Labute approximate surface area is 119 Å². The van der Waals surface area contributed by atoms with Gasteiger partial charge in [0.25, 0.3) is 0 Å². The molecule has 2 aromatic carbocycles. The second kappa shape index (κ2) is 5.04. The largest absolute Gasteiger partial charge is 0.367 e. The molecule has 0 radical (unpaired) electrons. The zero-order valence-electron chi connectivity index (χ0n) is 11.9. The average Bonchev–Trinajstić information content (AvgIpc) is 2.79. The van der Waals surface area contributed by atoms with Gasteiger partial charge in [-0.1, -0.05) is 50.2 Å². The van der Waals surface area contributed by atoms with Gasteiger partial charge < -0.3 is 10.2 Å². The normalized spacial score (nSPS) is 13.7. The third kappa shape index (κ3) is 1.96. The van der Waals surface area contributed by atoms with E-state index in [2.05, 4.69) is 38.1 Å². The molecule has 20 heavy (non-hydrogen) atoms. The number of hydrogen-bond acceptors (Lipinski definition) is 2. The first-order valence-electron chi connectivity index (χ1n) is 7.27. The molecule has 0 spiro atoms. The van der Waals surface area contributed by atoms with Crippen molar-refractivity contribution in [2.45, 2.75) is 38.9 Å². The number of aliphatic hydroxyl groups is 2. The summed E-state index contributed by atoms with van der Waals surface area (Å²) < 4.78 is 0. The van der Waals surface area contributed by atoms with Gasteiger partial charge in [-0.25, -0.2) is 0 Å². The minimum atomic E-state index is -1.35. The van der Waals surface area contributed by atoms with Gasteiger partial charge in [0.1, 0.15) is 0 Å². The summed E-state index contributed by atoms with van der Waals surface area (Å²) in [6.07, 6.45) is 0.625. The number of aliphatic hydroxyl groups excluding tert-OH is 1. The summed E-state index contributed by atoms with van der Waals surface area (Å²) in [5.41, 5.74) is 6.94. The minimum absolute atomic E-state index is 0.322. The van der Waals surface area contributed by atoms with Gasteiger partial charge in [0.2, 0.25) is 0 Å². The molecule has 0 fully saturated rings. The van der Waals surface area contributed by atoms with Gasteiger partial charge in [-0.3, -0.25) is 0 Å². The summed E-state index contributed by atoms with van der Waals surface area (Å²) in [5, 5.41) is 19.5. The fourth-order valence-electron chi connectivity index (χ4n) is 3.14. The summed E-state index contributed by atoms with van der Waals surface area (Å²) in [7, 11) is 0. The van der Waals surface area contributed by atoms with Crippen LogP contribution in [0.3, 0.4) is 0 Å². The molecular formula is C18H20O2.